The summed E-state index contributed by atoms with van der Waals surface area (Å²) in [5, 5.41) is 10.7. The summed E-state index contributed by atoms with van der Waals surface area (Å²) in [7, 11) is 0. The number of phenols is 1. The Hall–Kier alpha value is -1.44. The third-order valence-corrected chi connectivity index (χ3v) is 5.85. The molecular formula is C22H32O2. The first-order valence-electron chi connectivity index (χ1n) is 9.64. The Morgan fingerprint density at radius 1 is 1.21 bits per heavy atom. The highest BCUT2D eigenvalue weighted by atomic mass is 16.5. The summed E-state index contributed by atoms with van der Waals surface area (Å²) in [5.41, 5.74) is 3.47. The molecule has 24 heavy (non-hydrogen) atoms. The second-order valence-corrected chi connectivity index (χ2v) is 8.23. The highest BCUT2D eigenvalue weighted by Gasteiger charge is 2.45. The number of ether oxygens (including phenoxy) is 1. The predicted octanol–water partition coefficient (Wildman–Crippen LogP) is 6.13. The van der Waals surface area contributed by atoms with E-state index in [1.807, 2.05) is 6.07 Å². The van der Waals surface area contributed by atoms with Crippen LogP contribution in [0.4, 0.5) is 0 Å². The average molecular weight is 328 g/mol. The maximum atomic E-state index is 10.7. The van der Waals surface area contributed by atoms with Crippen LogP contribution in [0.25, 0.3) is 0 Å². The summed E-state index contributed by atoms with van der Waals surface area (Å²) < 4.78 is 6.38. The summed E-state index contributed by atoms with van der Waals surface area (Å²) >= 11 is 0. The first kappa shape index (κ1) is 17.4. The molecule has 2 atom stereocenters. The number of aromatic hydroxyl groups is 1. The minimum Gasteiger partial charge on any atom is -0.507 e. The number of rotatable bonds is 5. The van der Waals surface area contributed by atoms with Gasteiger partial charge in [-0.2, -0.15) is 0 Å². The molecule has 1 aliphatic carbocycles. The molecule has 132 valence electrons. The molecule has 0 spiro atoms. The zero-order valence-corrected chi connectivity index (χ0v) is 15.7. The Labute approximate surface area is 146 Å². The highest BCUT2D eigenvalue weighted by Crippen LogP contribution is 2.53. The molecule has 1 aliphatic heterocycles. The molecule has 0 saturated heterocycles. The van der Waals surface area contributed by atoms with E-state index < -0.39 is 0 Å². The molecule has 3 rings (SSSR count). The molecule has 2 nitrogen and oxygen atoms in total. The maximum absolute atomic E-state index is 10.7. The van der Waals surface area contributed by atoms with Gasteiger partial charge in [0.2, 0.25) is 0 Å². The summed E-state index contributed by atoms with van der Waals surface area (Å²) in [5.74, 6) is 2.05. The molecule has 0 aromatic heterocycles. The minimum absolute atomic E-state index is 0.178. The van der Waals surface area contributed by atoms with Crippen LogP contribution in [0.5, 0.6) is 11.5 Å². The Morgan fingerprint density at radius 3 is 2.75 bits per heavy atom. The van der Waals surface area contributed by atoms with Gasteiger partial charge in [-0.15, -0.1) is 0 Å². The van der Waals surface area contributed by atoms with Crippen molar-refractivity contribution in [3.63, 3.8) is 0 Å². The van der Waals surface area contributed by atoms with Gasteiger partial charge in [0.05, 0.1) is 0 Å². The summed E-state index contributed by atoms with van der Waals surface area (Å²) in [6, 6.07) is 4.15. The van der Waals surface area contributed by atoms with Crippen molar-refractivity contribution in [3.8, 4) is 11.5 Å². The van der Waals surface area contributed by atoms with Crippen molar-refractivity contribution in [2.45, 2.75) is 84.2 Å². The van der Waals surface area contributed by atoms with E-state index in [-0.39, 0.29) is 11.5 Å². The highest BCUT2D eigenvalue weighted by molar-refractivity contribution is 5.53. The molecule has 1 heterocycles. The van der Waals surface area contributed by atoms with E-state index >= 15 is 0 Å². The number of aryl methyl sites for hydroxylation is 1. The van der Waals surface area contributed by atoms with Gasteiger partial charge in [0, 0.05) is 17.4 Å². The van der Waals surface area contributed by atoms with Crippen LogP contribution in [0.1, 0.15) is 83.3 Å². The lowest BCUT2D eigenvalue weighted by molar-refractivity contribution is 0.0107. The van der Waals surface area contributed by atoms with Crippen molar-refractivity contribution in [3.05, 3.63) is 34.9 Å². The quantitative estimate of drug-likeness (QED) is 0.520. The number of benzene rings is 1. The van der Waals surface area contributed by atoms with Gasteiger partial charge in [-0.1, -0.05) is 37.8 Å². The lowest BCUT2D eigenvalue weighted by Gasteiger charge is -2.46. The van der Waals surface area contributed by atoms with E-state index in [4.69, 9.17) is 4.74 Å². The monoisotopic (exact) mass is 328 g/mol. The smallest absolute Gasteiger partial charge is 0.127 e. The molecule has 0 bridgehead atoms. The molecule has 1 unspecified atom stereocenters. The van der Waals surface area contributed by atoms with Gasteiger partial charge in [-0.05, 0) is 64.2 Å². The second kappa shape index (κ2) is 6.82. The van der Waals surface area contributed by atoms with Gasteiger partial charge in [0.25, 0.3) is 0 Å². The standard InChI is InChI=1S/C22H32O2/c1-5-6-7-8-9-16-13-19(23)21-17-12-15(2)10-11-18(17)22(3,4)24-20(21)14-16/h12-14,17-18,23H,5-11H2,1-4H3/t17-,18?/m1/s1. The van der Waals surface area contributed by atoms with Crippen LogP contribution in [-0.2, 0) is 6.42 Å². The minimum atomic E-state index is -0.178. The number of fused-ring (bicyclic) bond motifs is 3. The molecule has 1 aromatic carbocycles. The molecule has 0 fully saturated rings. The first-order chi connectivity index (χ1) is 11.4. The van der Waals surface area contributed by atoms with E-state index in [0.717, 1.165) is 30.6 Å². The molecule has 0 saturated carbocycles. The summed E-state index contributed by atoms with van der Waals surface area (Å²) in [6.07, 6.45) is 10.6. The normalized spacial score (nSPS) is 24.6. The van der Waals surface area contributed by atoms with Crippen LogP contribution in [-0.4, -0.2) is 10.7 Å². The van der Waals surface area contributed by atoms with Crippen molar-refractivity contribution in [2.75, 3.05) is 0 Å². The van der Waals surface area contributed by atoms with Gasteiger partial charge in [-0.25, -0.2) is 0 Å². The van der Waals surface area contributed by atoms with Gasteiger partial charge >= 0.3 is 0 Å². The van der Waals surface area contributed by atoms with Gasteiger partial charge in [-0.3, -0.25) is 0 Å². The van der Waals surface area contributed by atoms with Crippen molar-refractivity contribution < 1.29 is 9.84 Å². The van der Waals surface area contributed by atoms with E-state index in [2.05, 4.69) is 39.8 Å². The molecule has 0 radical (unpaired) electrons. The van der Waals surface area contributed by atoms with Crippen molar-refractivity contribution >= 4 is 0 Å². The Morgan fingerprint density at radius 2 is 2.00 bits per heavy atom. The lowest BCUT2D eigenvalue weighted by Crippen LogP contribution is -2.45. The molecular weight excluding hydrogens is 296 g/mol. The Kier molecular flexibility index (Phi) is 4.94. The third kappa shape index (κ3) is 3.34. The average Bonchev–Trinajstić information content (AvgIpc) is 2.50. The van der Waals surface area contributed by atoms with Gasteiger partial charge < -0.3 is 9.84 Å². The van der Waals surface area contributed by atoms with Crippen LogP contribution in [0.2, 0.25) is 0 Å². The topological polar surface area (TPSA) is 29.5 Å². The fraction of sp³-hybridized carbons (Fsp3) is 0.636. The molecule has 1 N–H and O–H groups in total. The van der Waals surface area contributed by atoms with Gasteiger partial charge in [0.15, 0.2) is 0 Å². The zero-order valence-electron chi connectivity index (χ0n) is 15.7. The van der Waals surface area contributed by atoms with Crippen LogP contribution >= 0.6 is 0 Å². The fourth-order valence-corrected chi connectivity index (χ4v) is 4.48. The van der Waals surface area contributed by atoms with E-state index in [1.165, 1.54) is 36.8 Å². The lowest BCUT2D eigenvalue weighted by atomic mass is 9.68. The van der Waals surface area contributed by atoms with Crippen molar-refractivity contribution in [1.82, 2.24) is 0 Å². The van der Waals surface area contributed by atoms with Crippen LogP contribution in [0.3, 0.4) is 0 Å². The van der Waals surface area contributed by atoms with Crippen molar-refractivity contribution in [1.29, 1.82) is 0 Å². The van der Waals surface area contributed by atoms with Gasteiger partial charge in [0.1, 0.15) is 17.1 Å². The molecule has 0 amide bonds. The van der Waals surface area contributed by atoms with Crippen molar-refractivity contribution in [2.24, 2.45) is 5.92 Å². The summed E-state index contributed by atoms with van der Waals surface area (Å²) in [4.78, 5) is 0. The third-order valence-electron chi connectivity index (χ3n) is 5.85. The van der Waals surface area contributed by atoms with E-state index in [9.17, 15) is 5.11 Å². The SMILES string of the molecule is CCCCCCc1cc(O)c2c(c1)OC(C)(C)C1CCC(C)=C[C@@H]21. The second-order valence-electron chi connectivity index (χ2n) is 8.23. The summed E-state index contributed by atoms with van der Waals surface area (Å²) in [6.45, 7) is 8.84. The van der Waals surface area contributed by atoms with E-state index in [1.54, 1.807) is 0 Å². The van der Waals surface area contributed by atoms with E-state index in [0.29, 0.717) is 11.7 Å². The number of hydrogen-bond donors (Lipinski definition) is 1. The Bertz CT molecular complexity index is 627. The zero-order chi connectivity index (χ0) is 17.3. The molecule has 2 aliphatic rings. The van der Waals surface area contributed by atoms with Crippen LogP contribution < -0.4 is 4.74 Å². The Balaban J connectivity index is 1.91. The number of hydrogen-bond acceptors (Lipinski definition) is 2. The predicted molar refractivity (Wildman–Crippen MR) is 99.9 cm³/mol. The first-order valence-corrected chi connectivity index (χ1v) is 9.64. The largest absolute Gasteiger partial charge is 0.507 e. The number of allylic oxidation sites excluding steroid dienone is 2. The van der Waals surface area contributed by atoms with Crippen LogP contribution in [0, 0.1) is 5.92 Å². The number of phenolic OH excluding ortho intramolecular Hbond substituents is 1. The maximum Gasteiger partial charge on any atom is 0.127 e. The number of unbranched alkanes of at least 4 members (excludes halogenated alkanes) is 3. The molecule has 2 heteroatoms. The van der Waals surface area contributed by atoms with Crippen LogP contribution in [0.15, 0.2) is 23.8 Å². The molecule has 1 aromatic rings. The fourth-order valence-electron chi connectivity index (χ4n) is 4.48.